The van der Waals surface area contributed by atoms with Crippen molar-refractivity contribution in [2.24, 2.45) is 0 Å². The molecule has 114 valence electrons. The van der Waals surface area contributed by atoms with E-state index in [4.69, 9.17) is 0 Å². The predicted molar refractivity (Wildman–Crippen MR) is 76.8 cm³/mol. The van der Waals surface area contributed by atoms with Gasteiger partial charge in [0.25, 0.3) is 0 Å². The molecule has 0 unspecified atom stereocenters. The second-order valence-electron chi connectivity index (χ2n) is 4.97. The highest BCUT2D eigenvalue weighted by atomic mass is 32.2. The number of hydrogen-bond donors (Lipinski definition) is 0. The van der Waals surface area contributed by atoms with Gasteiger partial charge in [-0.2, -0.15) is 0 Å². The van der Waals surface area contributed by atoms with Gasteiger partial charge in [0.2, 0.25) is 0 Å². The first-order valence-corrected chi connectivity index (χ1v) is 8.36. The average molecular weight is 312 g/mol. The highest BCUT2D eigenvalue weighted by molar-refractivity contribution is 7.91. The third-order valence-corrected chi connectivity index (χ3v) is 5.46. The SMILES string of the molecule is CC(C)S(=O)(=O)CCCn1nnnc1-c1ccccc1F. The lowest BCUT2D eigenvalue weighted by atomic mass is 10.2. The van der Waals surface area contributed by atoms with Crippen LogP contribution in [0, 0.1) is 5.82 Å². The monoisotopic (exact) mass is 312 g/mol. The van der Waals surface area contributed by atoms with Gasteiger partial charge in [0.1, 0.15) is 5.82 Å². The maximum absolute atomic E-state index is 13.7. The van der Waals surface area contributed by atoms with Crippen LogP contribution in [0.2, 0.25) is 0 Å². The van der Waals surface area contributed by atoms with E-state index in [2.05, 4.69) is 15.5 Å². The maximum Gasteiger partial charge on any atom is 0.184 e. The van der Waals surface area contributed by atoms with Crippen LogP contribution in [0.4, 0.5) is 4.39 Å². The molecule has 0 saturated heterocycles. The van der Waals surface area contributed by atoms with E-state index in [9.17, 15) is 12.8 Å². The Bertz CT molecular complexity index is 712. The summed E-state index contributed by atoms with van der Waals surface area (Å²) >= 11 is 0. The molecule has 2 aromatic rings. The van der Waals surface area contributed by atoms with E-state index >= 15 is 0 Å². The smallest absolute Gasteiger partial charge is 0.184 e. The third kappa shape index (κ3) is 3.63. The molecule has 0 atom stereocenters. The summed E-state index contributed by atoms with van der Waals surface area (Å²) in [6, 6.07) is 6.20. The number of halogens is 1. The zero-order valence-electron chi connectivity index (χ0n) is 11.9. The van der Waals surface area contributed by atoms with Gasteiger partial charge in [-0.3, -0.25) is 0 Å². The molecule has 0 radical (unpaired) electrons. The molecule has 6 nitrogen and oxygen atoms in total. The molecular weight excluding hydrogens is 295 g/mol. The Labute approximate surface area is 122 Å². The molecule has 0 aliphatic rings. The van der Waals surface area contributed by atoms with Crippen LogP contribution in [0.5, 0.6) is 0 Å². The number of sulfone groups is 1. The van der Waals surface area contributed by atoms with Crippen molar-refractivity contribution in [3.63, 3.8) is 0 Å². The molecule has 8 heteroatoms. The molecule has 0 amide bonds. The molecule has 1 aromatic heterocycles. The van der Waals surface area contributed by atoms with Crippen LogP contribution in [-0.2, 0) is 16.4 Å². The van der Waals surface area contributed by atoms with E-state index in [1.165, 1.54) is 10.7 Å². The number of rotatable bonds is 6. The van der Waals surface area contributed by atoms with Crippen LogP contribution in [-0.4, -0.2) is 39.6 Å². The van der Waals surface area contributed by atoms with Crippen molar-refractivity contribution in [1.29, 1.82) is 0 Å². The number of hydrogen-bond acceptors (Lipinski definition) is 5. The summed E-state index contributed by atoms with van der Waals surface area (Å²) in [5.74, 6) is -0.0558. The molecule has 0 spiro atoms. The second-order valence-corrected chi connectivity index (χ2v) is 7.65. The van der Waals surface area contributed by atoms with Gasteiger partial charge in [-0.05, 0) is 42.8 Å². The van der Waals surface area contributed by atoms with Crippen LogP contribution < -0.4 is 0 Å². The fourth-order valence-corrected chi connectivity index (χ4v) is 2.84. The minimum atomic E-state index is -3.09. The first-order chi connectivity index (χ1) is 9.92. The minimum Gasteiger partial charge on any atom is -0.229 e. The summed E-state index contributed by atoms with van der Waals surface area (Å²) in [6.07, 6.45) is 0.382. The average Bonchev–Trinajstić information content (AvgIpc) is 2.87. The first kappa shape index (κ1) is 15.6. The second kappa shape index (κ2) is 6.30. The van der Waals surface area contributed by atoms with Crippen LogP contribution in [0.15, 0.2) is 24.3 Å². The van der Waals surface area contributed by atoms with Gasteiger partial charge in [-0.25, -0.2) is 17.5 Å². The fourth-order valence-electron chi connectivity index (χ4n) is 1.84. The van der Waals surface area contributed by atoms with E-state index in [1.54, 1.807) is 32.0 Å². The summed E-state index contributed by atoms with van der Waals surface area (Å²) < 4.78 is 38.7. The van der Waals surface area contributed by atoms with Crippen molar-refractivity contribution in [3.05, 3.63) is 30.1 Å². The fraction of sp³-hybridized carbons (Fsp3) is 0.462. The molecule has 0 saturated carbocycles. The van der Waals surface area contributed by atoms with Crippen molar-refractivity contribution in [2.75, 3.05) is 5.75 Å². The van der Waals surface area contributed by atoms with Gasteiger partial charge in [-0.1, -0.05) is 12.1 Å². The molecule has 0 aliphatic heterocycles. The lowest BCUT2D eigenvalue weighted by molar-refractivity contribution is 0.558. The number of nitrogens with zero attached hydrogens (tertiary/aromatic N) is 4. The van der Waals surface area contributed by atoms with Gasteiger partial charge < -0.3 is 0 Å². The standard InChI is InChI=1S/C13H17FN4O2S/c1-10(2)21(19,20)9-5-8-18-13(15-16-17-18)11-6-3-4-7-12(11)14/h3-4,6-7,10H,5,8-9H2,1-2H3. The topological polar surface area (TPSA) is 77.7 Å². The van der Waals surface area contributed by atoms with Crippen LogP contribution in [0.25, 0.3) is 11.4 Å². The quantitative estimate of drug-likeness (QED) is 0.811. The summed E-state index contributed by atoms with van der Waals surface area (Å²) in [6.45, 7) is 3.62. The molecule has 2 rings (SSSR count). The van der Waals surface area contributed by atoms with Crippen LogP contribution >= 0.6 is 0 Å². The summed E-state index contributed by atoms with van der Waals surface area (Å²) in [5.41, 5.74) is 0.300. The van der Waals surface area contributed by atoms with E-state index < -0.39 is 20.9 Å². The normalized spacial score (nSPS) is 12.0. The Morgan fingerprint density at radius 2 is 2.00 bits per heavy atom. The number of benzene rings is 1. The van der Waals surface area contributed by atoms with E-state index in [1.807, 2.05) is 0 Å². The molecule has 0 fully saturated rings. The lowest BCUT2D eigenvalue weighted by Crippen LogP contribution is -2.19. The van der Waals surface area contributed by atoms with E-state index in [0.29, 0.717) is 24.4 Å². The van der Waals surface area contributed by atoms with Gasteiger partial charge in [0.05, 0.1) is 16.6 Å². The summed E-state index contributed by atoms with van der Waals surface area (Å²) in [5, 5.41) is 10.7. The van der Waals surface area contributed by atoms with Gasteiger partial charge in [0.15, 0.2) is 15.7 Å². The molecule has 0 N–H and O–H groups in total. The first-order valence-electron chi connectivity index (χ1n) is 6.64. The Balaban J connectivity index is 2.11. The molecule has 1 aromatic carbocycles. The molecule has 21 heavy (non-hydrogen) atoms. The van der Waals surface area contributed by atoms with Crippen LogP contribution in [0.1, 0.15) is 20.3 Å². The third-order valence-electron chi connectivity index (χ3n) is 3.16. The summed E-state index contributed by atoms with van der Waals surface area (Å²) in [4.78, 5) is 0. The highest BCUT2D eigenvalue weighted by Crippen LogP contribution is 2.19. The molecule has 0 bridgehead atoms. The highest BCUT2D eigenvalue weighted by Gasteiger charge is 2.17. The van der Waals surface area contributed by atoms with Crippen molar-refractivity contribution < 1.29 is 12.8 Å². The Morgan fingerprint density at radius 3 is 2.67 bits per heavy atom. The number of aromatic nitrogens is 4. The van der Waals surface area contributed by atoms with Crippen molar-refractivity contribution in [2.45, 2.75) is 32.1 Å². The zero-order valence-corrected chi connectivity index (χ0v) is 12.7. The Hall–Kier alpha value is -1.83. The maximum atomic E-state index is 13.7. The number of tetrazole rings is 1. The van der Waals surface area contributed by atoms with Gasteiger partial charge >= 0.3 is 0 Å². The number of aryl methyl sites for hydroxylation is 1. The van der Waals surface area contributed by atoms with Crippen molar-refractivity contribution >= 4 is 9.84 Å². The molecular formula is C13H17FN4O2S. The van der Waals surface area contributed by atoms with Gasteiger partial charge in [-0.15, -0.1) is 5.10 Å². The molecule has 0 aliphatic carbocycles. The van der Waals surface area contributed by atoms with Crippen LogP contribution in [0.3, 0.4) is 0 Å². The Kier molecular flexibility index (Phi) is 4.66. The largest absolute Gasteiger partial charge is 0.229 e. The Morgan fingerprint density at radius 1 is 1.29 bits per heavy atom. The lowest BCUT2D eigenvalue weighted by Gasteiger charge is -2.08. The molecule has 1 heterocycles. The predicted octanol–water partition coefficient (Wildman–Crippen LogP) is 1.69. The minimum absolute atomic E-state index is 0.0568. The van der Waals surface area contributed by atoms with E-state index in [-0.39, 0.29) is 5.75 Å². The van der Waals surface area contributed by atoms with Crippen molar-refractivity contribution in [3.8, 4) is 11.4 Å². The van der Waals surface area contributed by atoms with E-state index in [0.717, 1.165) is 0 Å². The summed E-state index contributed by atoms with van der Waals surface area (Å²) in [7, 11) is -3.09. The van der Waals surface area contributed by atoms with Crippen molar-refractivity contribution in [1.82, 2.24) is 20.2 Å². The van der Waals surface area contributed by atoms with Gasteiger partial charge in [0, 0.05) is 6.54 Å². The zero-order chi connectivity index (χ0) is 15.5.